The third kappa shape index (κ3) is 6.22. The number of benzene rings is 2. The Morgan fingerprint density at radius 1 is 0.943 bits per heavy atom. The fraction of sp³-hybridized carbons (Fsp3) is 0.346. The van der Waals surface area contributed by atoms with Gasteiger partial charge in [-0.05, 0) is 64.7 Å². The van der Waals surface area contributed by atoms with Gasteiger partial charge in [0.25, 0.3) is 0 Å². The van der Waals surface area contributed by atoms with Gasteiger partial charge in [0.15, 0.2) is 11.5 Å². The van der Waals surface area contributed by atoms with Gasteiger partial charge in [-0.3, -0.25) is 0 Å². The van der Waals surface area contributed by atoms with E-state index in [2.05, 4.69) is 74.3 Å². The molecule has 1 unspecified atom stereocenters. The molecule has 0 aliphatic heterocycles. The van der Waals surface area contributed by atoms with E-state index in [0.717, 1.165) is 41.3 Å². The van der Waals surface area contributed by atoms with Gasteiger partial charge in [0.2, 0.25) is 5.95 Å². The molecular weight excluding hydrogens is 508 g/mol. The molecule has 8 nitrogen and oxygen atoms in total. The van der Waals surface area contributed by atoms with Gasteiger partial charge in [-0.1, -0.05) is 37.6 Å². The Morgan fingerprint density at radius 2 is 1.51 bits per heavy atom. The quantitative estimate of drug-likeness (QED) is 0.262. The van der Waals surface area contributed by atoms with Gasteiger partial charge in [-0.25, -0.2) is 9.50 Å². The van der Waals surface area contributed by atoms with Gasteiger partial charge >= 0.3 is 0 Å². The molecule has 35 heavy (non-hydrogen) atoms. The predicted octanol–water partition coefficient (Wildman–Crippen LogP) is 5.71. The normalized spacial score (nSPS) is 11.9. The summed E-state index contributed by atoms with van der Waals surface area (Å²) >= 11 is 3.51. The lowest BCUT2D eigenvalue weighted by atomic mass is 10.1. The van der Waals surface area contributed by atoms with Gasteiger partial charge in [0.1, 0.15) is 16.1 Å². The Bertz CT molecular complexity index is 1190. The second-order valence-corrected chi connectivity index (χ2v) is 9.29. The summed E-state index contributed by atoms with van der Waals surface area (Å²) in [6.07, 6.45) is 3.97. The number of halogens is 1. The van der Waals surface area contributed by atoms with Crippen LogP contribution >= 0.6 is 15.9 Å². The van der Waals surface area contributed by atoms with Gasteiger partial charge in [-0.2, -0.15) is 4.98 Å². The molecule has 2 heterocycles. The summed E-state index contributed by atoms with van der Waals surface area (Å²) < 4.78 is 13.2. The van der Waals surface area contributed by atoms with Crippen LogP contribution in [-0.2, 0) is 13.1 Å². The maximum atomic E-state index is 5.34. The van der Waals surface area contributed by atoms with Crippen molar-refractivity contribution < 1.29 is 9.47 Å². The summed E-state index contributed by atoms with van der Waals surface area (Å²) in [7, 11) is 3.35. The third-order valence-corrected chi connectivity index (χ3v) is 6.12. The molecule has 0 saturated heterocycles. The fourth-order valence-corrected chi connectivity index (χ4v) is 4.32. The highest BCUT2D eigenvalue weighted by Crippen LogP contribution is 2.27. The molecular formula is C26H31BrN6O2. The zero-order valence-corrected chi connectivity index (χ0v) is 22.1. The molecule has 184 valence electrons. The first-order valence-corrected chi connectivity index (χ1v) is 12.5. The van der Waals surface area contributed by atoms with Gasteiger partial charge in [0.05, 0.1) is 20.4 Å². The van der Waals surface area contributed by atoms with Crippen LogP contribution in [0, 0.1) is 0 Å². The number of nitrogens with zero attached hydrogens (tertiary/aromatic N) is 5. The molecule has 1 N–H and O–H groups in total. The average Bonchev–Trinajstić information content (AvgIpc) is 3.24. The minimum absolute atomic E-state index is 0.258. The second kappa shape index (κ2) is 11.4. The maximum absolute atomic E-state index is 5.34. The molecule has 0 bridgehead atoms. The first-order valence-electron chi connectivity index (χ1n) is 11.7. The van der Waals surface area contributed by atoms with E-state index in [9.17, 15) is 0 Å². The van der Waals surface area contributed by atoms with Crippen molar-refractivity contribution in [3.05, 3.63) is 70.5 Å². The molecule has 0 saturated carbocycles. The van der Waals surface area contributed by atoms with Crippen LogP contribution in [0.25, 0.3) is 5.65 Å². The van der Waals surface area contributed by atoms with E-state index in [1.54, 1.807) is 18.7 Å². The van der Waals surface area contributed by atoms with Crippen LogP contribution in [0.2, 0.25) is 0 Å². The number of methoxy groups -OCH3 is 2. The summed E-state index contributed by atoms with van der Waals surface area (Å²) in [6, 6.07) is 16.4. The van der Waals surface area contributed by atoms with E-state index in [1.165, 1.54) is 0 Å². The second-order valence-electron chi connectivity index (χ2n) is 8.48. The minimum Gasteiger partial charge on any atom is -0.497 e. The summed E-state index contributed by atoms with van der Waals surface area (Å²) in [5.41, 5.74) is 2.96. The van der Waals surface area contributed by atoms with Gasteiger partial charge in [0, 0.05) is 19.1 Å². The van der Waals surface area contributed by atoms with Crippen LogP contribution in [-0.4, -0.2) is 39.8 Å². The summed E-state index contributed by atoms with van der Waals surface area (Å²) in [4.78, 5) is 11.8. The minimum atomic E-state index is 0.258. The summed E-state index contributed by atoms with van der Waals surface area (Å²) in [5.74, 6) is 2.98. The van der Waals surface area contributed by atoms with E-state index in [4.69, 9.17) is 14.5 Å². The van der Waals surface area contributed by atoms with Crippen molar-refractivity contribution >= 4 is 33.3 Å². The van der Waals surface area contributed by atoms with Crippen molar-refractivity contribution in [2.24, 2.45) is 0 Å². The molecule has 0 aliphatic carbocycles. The van der Waals surface area contributed by atoms with Crippen molar-refractivity contribution in [2.45, 2.75) is 45.8 Å². The number of imidazole rings is 1. The van der Waals surface area contributed by atoms with E-state index < -0.39 is 0 Å². The number of hydrogen-bond donors (Lipinski definition) is 1. The lowest BCUT2D eigenvalue weighted by molar-refractivity contribution is 0.414. The van der Waals surface area contributed by atoms with E-state index >= 15 is 0 Å². The highest BCUT2D eigenvalue weighted by atomic mass is 79.9. The molecule has 9 heteroatoms. The molecule has 0 spiro atoms. The van der Waals surface area contributed by atoms with Crippen LogP contribution in [0.3, 0.4) is 0 Å². The largest absolute Gasteiger partial charge is 0.497 e. The molecule has 0 fully saturated rings. The zero-order chi connectivity index (χ0) is 24.8. The first-order chi connectivity index (χ1) is 17.0. The van der Waals surface area contributed by atoms with Gasteiger partial charge < -0.3 is 19.7 Å². The number of anilines is 2. The Morgan fingerprint density at radius 3 is 2.03 bits per heavy atom. The SMILES string of the molecule is CCCC(C)Nc1nc(N(Cc2ccc(OC)cc2)Cc2ccc(OC)cc2)c2nc(Br)cn2n1. The highest BCUT2D eigenvalue weighted by Gasteiger charge is 2.19. The molecule has 0 aliphatic rings. The first kappa shape index (κ1) is 24.8. The average molecular weight is 539 g/mol. The van der Waals surface area contributed by atoms with Crippen LogP contribution in [0.15, 0.2) is 59.3 Å². The number of aromatic nitrogens is 4. The lowest BCUT2D eigenvalue weighted by Crippen LogP contribution is -2.26. The predicted molar refractivity (Wildman–Crippen MR) is 142 cm³/mol. The third-order valence-electron chi connectivity index (χ3n) is 5.73. The summed E-state index contributed by atoms with van der Waals surface area (Å²) in [5, 5.41) is 8.11. The molecule has 2 aromatic heterocycles. The number of rotatable bonds is 11. The maximum Gasteiger partial charge on any atom is 0.243 e. The van der Waals surface area contributed by atoms with Crippen molar-refractivity contribution in [3.63, 3.8) is 0 Å². The Balaban J connectivity index is 1.75. The lowest BCUT2D eigenvalue weighted by Gasteiger charge is -2.25. The van der Waals surface area contributed by atoms with Gasteiger partial charge in [-0.15, -0.1) is 5.10 Å². The van der Waals surface area contributed by atoms with E-state index in [1.807, 2.05) is 30.5 Å². The van der Waals surface area contributed by atoms with Crippen molar-refractivity contribution in [2.75, 3.05) is 24.4 Å². The molecule has 1 atom stereocenters. The molecule has 4 aromatic rings. The van der Waals surface area contributed by atoms with Crippen molar-refractivity contribution in [3.8, 4) is 11.5 Å². The molecule has 0 amide bonds. The topological polar surface area (TPSA) is 76.8 Å². The van der Waals surface area contributed by atoms with Crippen LogP contribution in [0.5, 0.6) is 11.5 Å². The Hall–Kier alpha value is -3.33. The fourth-order valence-electron chi connectivity index (χ4n) is 3.95. The standard InChI is InChI=1S/C26H31BrN6O2/c1-5-6-18(2)28-26-30-24(25-29-23(27)17-33(25)31-26)32(15-19-7-11-21(34-3)12-8-19)16-20-9-13-22(35-4)14-10-20/h7-14,17-18H,5-6,15-16H2,1-4H3,(H,28,31). The molecule has 2 aromatic carbocycles. The zero-order valence-electron chi connectivity index (χ0n) is 20.5. The molecule has 4 rings (SSSR count). The number of hydrogen-bond acceptors (Lipinski definition) is 7. The highest BCUT2D eigenvalue weighted by molar-refractivity contribution is 9.10. The summed E-state index contributed by atoms with van der Waals surface area (Å²) in [6.45, 7) is 5.59. The van der Waals surface area contributed by atoms with Crippen LogP contribution in [0.4, 0.5) is 11.8 Å². The molecule has 0 radical (unpaired) electrons. The van der Waals surface area contributed by atoms with Crippen molar-refractivity contribution in [1.29, 1.82) is 0 Å². The van der Waals surface area contributed by atoms with E-state index in [-0.39, 0.29) is 6.04 Å². The Labute approximate surface area is 214 Å². The number of ether oxygens (including phenoxy) is 2. The van der Waals surface area contributed by atoms with Crippen molar-refractivity contribution in [1.82, 2.24) is 19.6 Å². The van der Waals surface area contributed by atoms with Crippen LogP contribution < -0.4 is 19.7 Å². The number of fused-ring (bicyclic) bond motifs is 1. The smallest absolute Gasteiger partial charge is 0.243 e. The monoisotopic (exact) mass is 538 g/mol. The Kier molecular flexibility index (Phi) is 8.07. The van der Waals surface area contributed by atoms with E-state index in [0.29, 0.717) is 29.3 Å². The van der Waals surface area contributed by atoms with Crippen LogP contribution in [0.1, 0.15) is 37.8 Å². The number of nitrogens with one attached hydrogen (secondary N) is 1.